The Hall–Kier alpha value is -3.81. The Kier molecular flexibility index (Phi) is 5.30. The third-order valence-corrected chi connectivity index (χ3v) is 4.03. The maximum Gasteiger partial charge on any atom is 0.280 e. The number of aromatic nitrogens is 2. The Morgan fingerprint density at radius 2 is 1.82 bits per heavy atom. The van der Waals surface area contributed by atoms with Crippen molar-refractivity contribution in [3.8, 4) is 5.69 Å². The SMILES string of the molecule is Cc1cc(=O)c(C(=O)Nc2ccccc2CC(N)=O)nn1-c1ccccc1F. The summed E-state index contributed by atoms with van der Waals surface area (Å²) in [4.78, 5) is 36.2. The Morgan fingerprint density at radius 1 is 1.14 bits per heavy atom. The number of carbonyl (C=O) groups excluding carboxylic acids is 2. The molecule has 0 aliphatic heterocycles. The van der Waals surface area contributed by atoms with E-state index in [1.807, 2.05) is 0 Å². The van der Waals surface area contributed by atoms with Gasteiger partial charge in [0.25, 0.3) is 5.91 Å². The third kappa shape index (κ3) is 3.96. The van der Waals surface area contributed by atoms with E-state index < -0.39 is 28.8 Å². The fourth-order valence-corrected chi connectivity index (χ4v) is 2.74. The van der Waals surface area contributed by atoms with Crippen molar-refractivity contribution in [2.75, 3.05) is 5.32 Å². The van der Waals surface area contributed by atoms with E-state index >= 15 is 0 Å². The van der Waals surface area contributed by atoms with Gasteiger partial charge in [-0.15, -0.1) is 0 Å². The maximum absolute atomic E-state index is 14.1. The van der Waals surface area contributed by atoms with Crippen molar-refractivity contribution in [1.82, 2.24) is 9.78 Å². The molecular weight excluding hydrogens is 363 g/mol. The van der Waals surface area contributed by atoms with Crippen LogP contribution >= 0.6 is 0 Å². The van der Waals surface area contributed by atoms with Gasteiger partial charge in [0.05, 0.1) is 6.42 Å². The number of hydrogen-bond donors (Lipinski definition) is 2. The van der Waals surface area contributed by atoms with E-state index in [0.29, 0.717) is 16.9 Å². The second-order valence-corrected chi connectivity index (χ2v) is 6.12. The Labute approximate surface area is 159 Å². The lowest BCUT2D eigenvalue weighted by Gasteiger charge is -2.13. The lowest BCUT2D eigenvalue weighted by atomic mass is 10.1. The van der Waals surface area contributed by atoms with Crippen LogP contribution in [0, 0.1) is 12.7 Å². The van der Waals surface area contributed by atoms with Crippen LogP contribution in [0.4, 0.5) is 10.1 Å². The van der Waals surface area contributed by atoms with Crippen molar-refractivity contribution in [2.24, 2.45) is 5.73 Å². The summed E-state index contributed by atoms with van der Waals surface area (Å²) < 4.78 is 15.3. The monoisotopic (exact) mass is 380 g/mol. The zero-order valence-electron chi connectivity index (χ0n) is 15.0. The highest BCUT2D eigenvalue weighted by atomic mass is 19.1. The number of nitrogens with two attached hydrogens (primary N) is 1. The number of carbonyl (C=O) groups is 2. The van der Waals surface area contributed by atoms with Crippen LogP contribution in [-0.4, -0.2) is 21.6 Å². The maximum atomic E-state index is 14.1. The molecule has 0 saturated heterocycles. The molecule has 8 heteroatoms. The first-order valence-corrected chi connectivity index (χ1v) is 8.40. The van der Waals surface area contributed by atoms with Gasteiger partial charge in [-0.3, -0.25) is 14.4 Å². The van der Waals surface area contributed by atoms with E-state index in [1.165, 1.54) is 28.9 Å². The minimum Gasteiger partial charge on any atom is -0.369 e. The fraction of sp³-hybridized carbons (Fsp3) is 0.100. The summed E-state index contributed by atoms with van der Waals surface area (Å²) in [5.74, 6) is -1.87. The van der Waals surface area contributed by atoms with Crippen molar-refractivity contribution in [1.29, 1.82) is 0 Å². The molecule has 28 heavy (non-hydrogen) atoms. The zero-order valence-corrected chi connectivity index (χ0v) is 15.0. The first-order chi connectivity index (χ1) is 13.4. The van der Waals surface area contributed by atoms with Crippen molar-refractivity contribution in [3.63, 3.8) is 0 Å². The second kappa shape index (κ2) is 7.83. The molecule has 0 saturated carbocycles. The molecule has 142 valence electrons. The zero-order chi connectivity index (χ0) is 20.3. The van der Waals surface area contributed by atoms with Crippen LogP contribution in [0.3, 0.4) is 0 Å². The molecule has 0 aliphatic rings. The number of aryl methyl sites for hydroxylation is 1. The van der Waals surface area contributed by atoms with Gasteiger partial charge in [-0.25, -0.2) is 9.07 Å². The quantitative estimate of drug-likeness (QED) is 0.705. The smallest absolute Gasteiger partial charge is 0.280 e. The highest BCUT2D eigenvalue weighted by molar-refractivity contribution is 6.03. The van der Waals surface area contributed by atoms with Gasteiger partial charge < -0.3 is 11.1 Å². The molecule has 3 rings (SSSR count). The summed E-state index contributed by atoms with van der Waals surface area (Å²) >= 11 is 0. The molecule has 0 bridgehead atoms. The summed E-state index contributed by atoms with van der Waals surface area (Å²) in [6, 6.07) is 13.7. The minimum atomic E-state index is -0.771. The molecule has 0 fully saturated rings. The summed E-state index contributed by atoms with van der Waals surface area (Å²) in [5, 5.41) is 6.62. The van der Waals surface area contributed by atoms with Gasteiger partial charge in [0.1, 0.15) is 11.5 Å². The van der Waals surface area contributed by atoms with Crippen molar-refractivity contribution >= 4 is 17.5 Å². The largest absolute Gasteiger partial charge is 0.369 e. The van der Waals surface area contributed by atoms with Crippen LogP contribution in [0.2, 0.25) is 0 Å². The van der Waals surface area contributed by atoms with Crippen LogP contribution in [0.5, 0.6) is 0 Å². The number of para-hydroxylation sites is 2. The van der Waals surface area contributed by atoms with Gasteiger partial charge in [-0.1, -0.05) is 30.3 Å². The van der Waals surface area contributed by atoms with Gasteiger partial charge in [0, 0.05) is 17.4 Å². The van der Waals surface area contributed by atoms with Crippen molar-refractivity contribution in [2.45, 2.75) is 13.3 Å². The number of anilines is 1. The predicted molar refractivity (Wildman–Crippen MR) is 102 cm³/mol. The van der Waals surface area contributed by atoms with E-state index in [0.717, 1.165) is 0 Å². The molecule has 3 aromatic rings. The van der Waals surface area contributed by atoms with Crippen LogP contribution in [0.25, 0.3) is 5.69 Å². The average molecular weight is 380 g/mol. The van der Waals surface area contributed by atoms with Crippen LogP contribution in [0.1, 0.15) is 21.7 Å². The Bertz CT molecular complexity index is 1120. The molecule has 0 atom stereocenters. The number of benzene rings is 2. The lowest BCUT2D eigenvalue weighted by molar-refractivity contribution is -0.117. The first kappa shape index (κ1) is 19.0. The van der Waals surface area contributed by atoms with Crippen molar-refractivity contribution < 1.29 is 14.0 Å². The molecule has 2 amide bonds. The summed E-state index contributed by atoms with van der Waals surface area (Å²) in [6.07, 6.45) is -0.0722. The minimum absolute atomic E-state index is 0.0722. The summed E-state index contributed by atoms with van der Waals surface area (Å²) in [5.41, 5.74) is 5.55. The molecule has 0 aliphatic carbocycles. The molecule has 3 N–H and O–H groups in total. The van der Waals surface area contributed by atoms with Crippen molar-refractivity contribution in [3.05, 3.63) is 87.6 Å². The van der Waals surface area contributed by atoms with Gasteiger partial charge in [-0.05, 0) is 30.7 Å². The molecule has 0 unspecified atom stereocenters. The molecule has 0 spiro atoms. The van der Waals surface area contributed by atoms with Gasteiger partial charge in [0.2, 0.25) is 11.3 Å². The van der Waals surface area contributed by atoms with Gasteiger partial charge in [-0.2, -0.15) is 5.10 Å². The molecule has 2 aromatic carbocycles. The fourth-order valence-electron chi connectivity index (χ4n) is 2.74. The summed E-state index contributed by atoms with van der Waals surface area (Å²) in [6.45, 7) is 1.59. The highest BCUT2D eigenvalue weighted by Crippen LogP contribution is 2.17. The Balaban J connectivity index is 2.00. The predicted octanol–water partition coefficient (Wildman–Crippen LogP) is 1.96. The molecule has 1 heterocycles. The summed E-state index contributed by atoms with van der Waals surface area (Å²) in [7, 11) is 0. The molecular formula is C20H17FN4O3. The number of nitrogens with one attached hydrogen (secondary N) is 1. The number of nitrogens with zero attached hydrogens (tertiary/aromatic N) is 2. The number of amides is 2. The second-order valence-electron chi connectivity index (χ2n) is 6.12. The first-order valence-electron chi connectivity index (χ1n) is 8.40. The normalized spacial score (nSPS) is 10.5. The van der Waals surface area contributed by atoms with E-state index in [4.69, 9.17) is 5.73 Å². The molecule has 0 radical (unpaired) electrons. The number of rotatable bonds is 5. The van der Waals surface area contributed by atoms with E-state index in [1.54, 1.807) is 37.3 Å². The number of primary amides is 1. The van der Waals surface area contributed by atoms with Gasteiger partial charge in [0.15, 0.2) is 5.69 Å². The van der Waals surface area contributed by atoms with Crippen LogP contribution in [0.15, 0.2) is 59.4 Å². The van der Waals surface area contributed by atoms with E-state index in [9.17, 15) is 18.8 Å². The van der Waals surface area contributed by atoms with Crippen LogP contribution in [-0.2, 0) is 11.2 Å². The van der Waals surface area contributed by atoms with E-state index in [2.05, 4.69) is 10.4 Å². The Morgan fingerprint density at radius 3 is 2.54 bits per heavy atom. The standard InChI is InChI=1S/C20H17FN4O3/c1-12-10-17(26)19(24-25(12)16-9-5-3-7-14(16)21)20(28)23-15-8-4-2-6-13(15)11-18(22)27/h2-10H,11H2,1H3,(H2,22,27)(H,23,28). The highest BCUT2D eigenvalue weighted by Gasteiger charge is 2.18. The molecule has 1 aromatic heterocycles. The number of halogens is 1. The topological polar surface area (TPSA) is 107 Å². The number of hydrogen-bond acceptors (Lipinski definition) is 4. The van der Waals surface area contributed by atoms with E-state index in [-0.39, 0.29) is 12.1 Å². The average Bonchev–Trinajstić information content (AvgIpc) is 2.64. The van der Waals surface area contributed by atoms with Crippen LogP contribution < -0.4 is 16.5 Å². The lowest BCUT2D eigenvalue weighted by Crippen LogP contribution is -2.27. The third-order valence-electron chi connectivity index (χ3n) is 4.03. The van der Waals surface area contributed by atoms with Gasteiger partial charge >= 0.3 is 0 Å². The molecule has 7 nitrogen and oxygen atoms in total.